The summed E-state index contributed by atoms with van der Waals surface area (Å²) < 4.78 is 1.97. The minimum Gasteiger partial charge on any atom is -0.369 e. The summed E-state index contributed by atoms with van der Waals surface area (Å²) in [6, 6.07) is 8.26. The van der Waals surface area contributed by atoms with Gasteiger partial charge in [0.15, 0.2) is 5.65 Å². The normalized spacial score (nSPS) is 11.1. The van der Waals surface area contributed by atoms with E-state index < -0.39 is 0 Å². The number of nitrogens with one attached hydrogen (secondary N) is 2. The van der Waals surface area contributed by atoms with Crippen molar-refractivity contribution in [3.05, 3.63) is 48.4 Å². The highest BCUT2D eigenvalue weighted by atomic mass is 16.1. The highest BCUT2D eigenvalue weighted by Crippen LogP contribution is 2.28. The molecule has 0 aliphatic carbocycles. The molecule has 0 radical (unpaired) electrons. The lowest BCUT2D eigenvalue weighted by Gasteiger charge is -2.10. The summed E-state index contributed by atoms with van der Waals surface area (Å²) in [5.41, 5.74) is 3.87. The molecule has 6 heteroatoms. The van der Waals surface area contributed by atoms with E-state index in [1.54, 1.807) is 12.4 Å². The van der Waals surface area contributed by atoms with Crippen molar-refractivity contribution < 1.29 is 4.79 Å². The number of anilines is 1. The molecule has 26 heavy (non-hydrogen) atoms. The van der Waals surface area contributed by atoms with Crippen LogP contribution in [0.3, 0.4) is 0 Å². The molecule has 0 spiro atoms. The van der Waals surface area contributed by atoms with E-state index in [0.29, 0.717) is 25.4 Å². The second-order valence-electron chi connectivity index (χ2n) is 6.85. The third kappa shape index (κ3) is 4.20. The Bertz CT molecular complexity index is 883. The van der Waals surface area contributed by atoms with E-state index in [9.17, 15) is 4.79 Å². The second-order valence-corrected chi connectivity index (χ2v) is 6.85. The molecule has 0 unspecified atom stereocenters. The van der Waals surface area contributed by atoms with Crippen molar-refractivity contribution in [3.63, 3.8) is 0 Å². The lowest BCUT2D eigenvalue weighted by molar-refractivity contribution is -0.120. The molecule has 2 heterocycles. The monoisotopic (exact) mass is 351 g/mol. The van der Waals surface area contributed by atoms with Crippen LogP contribution in [-0.4, -0.2) is 33.4 Å². The summed E-state index contributed by atoms with van der Waals surface area (Å²) in [5.74, 6) is 1.38. The number of hydrogen-bond donors (Lipinski definition) is 2. The molecule has 136 valence electrons. The van der Waals surface area contributed by atoms with Gasteiger partial charge in [-0.1, -0.05) is 43.7 Å². The van der Waals surface area contributed by atoms with E-state index in [1.165, 1.54) is 5.56 Å². The fourth-order valence-corrected chi connectivity index (χ4v) is 2.69. The molecule has 1 aromatic carbocycles. The zero-order valence-corrected chi connectivity index (χ0v) is 15.5. The van der Waals surface area contributed by atoms with E-state index in [1.807, 2.05) is 10.6 Å². The maximum absolute atomic E-state index is 11.9. The predicted molar refractivity (Wildman–Crippen MR) is 104 cm³/mol. The SMILES string of the molecule is Cc1ccc(-c2nc3cnccn3c2NCCC(=O)NCC(C)C)cc1. The fraction of sp³-hybridized carbons (Fsp3) is 0.350. The van der Waals surface area contributed by atoms with Gasteiger partial charge in [-0.25, -0.2) is 4.98 Å². The summed E-state index contributed by atoms with van der Waals surface area (Å²) >= 11 is 0. The summed E-state index contributed by atoms with van der Waals surface area (Å²) in [4.78, 5) is 20.8. The van der Waals surface area contributed by atoms with Gasteiger partial charge in [0.05, 0.1) is 6.20 Å². The third-order valence-corrected chi connectivity index (χ3v) is 4.11. The van der Waals surface area contributed by atoms with Crippen LogP contribution in [0, 0.1) is 12.8 Å². The van der Waals surface area contributed by atoms with Crippen LogP contribution in [0.25, 0.3) is 16.9 Å². The lowest BCUT2D eigenvalue weighted by Crippen LogP contribution is -2.28. The molecule has 2 aromatic heterocycles. The van der Waals surface area contributed by atoms with Crippen molar-refractivity contribution >= 4 is 17.4 Å². The molecule has 0 aliphatic heterocycles. The Balaban J connectivity index is 1.79. The van der Waals surface area contributed by atoms with E-state index in [0.717, 1.165) is 22.7 Å². The van der Waals surface area contributed by atoms with Crippen molar-refractivity contribution in [2.24, 2.45) is 5.92 Å². The van der Waals surface area contributed by atoms with E-state index in [2.05, 4.69) is 60.7 Å². The number of carbonyl (C=O) groups excluding carboxylic acids is 1. The summed E-state index contributed by atoms with van der Waals surface area (Å²) in [7, 11) is 0. The van der Waals surface area contributed by atoms with E-state index in [-0.39, 0.29) is 5.91 Å². The topological polar surface area (TPSA) is 71.3 Å². The second kappa shape index (κ2) is 7.99. The number of hydrogen-bond acceptors (Lipinski definition) is 4. The summed E-state index contributed by atoms with van der Waals surface area (Å²) in [6.07, 6.45) is 5.76. The molecule has 0 saturated heterocycles. The standard InChI is InChI=1S/C20H25N5O/c1-14(2)12-23-18(26)8-9-22-20-19(16-6-4-15(3)5-7-16)24-17-13-21-10-11-25(17)20/h4-7,10-11,13-14,22H,8-9,12H2,1-3H3,(H,23,26). The lowest BCUT2D eigenvalue weighted by atomic mass is 10.1. The summed E-state index contributed by atoms with van der Waals surface area (Å²) in [6.45, 7) is 7.47. The van der Waals surface area contributed by atoms with Crippen LogP contribution in [0.4, 0.5) is 5.82 Å². The molecule has 3 aromatic rings. The molecule has 2 N–H and O–H groups in total. The van der Waals surface area contributed by atoms with Crippen LogP contribution in [0.15, 0.2) is 42.9 Å². The number of aryl methyl sites for hydroxylation is 1. The Morgan fingerprint density at radius 1 is 1.23 bits per heavy atom. The van der Waals surface area contributed by atoms with E-state index >= 15 is 0 Å². The van der Waals surface area contributed by atoms with Gasteiger partial charge in [-0.2, -0.15) is 0 Å². The molecular formula is C20H25N5O. The average molecular weight is 351 g/mol. The molecular weight excluding hydrogens is 326 g/mol. The van der Waals surface area contributed by atoms with Gasteiger partial charge in [-0.3, -0.25) is 14.2 Å². The first-order valence-electron chi connectivity index (χ1n) is 8.94. The van der Waals surface area contributed by atoms with Crippen LogP contribution >= 0.6 is 0 Å². The zero-order chi connectivity index (χ0) is 18.5. The molecule has 0 aliphatic rings. The van der Waals surface area contributed by atoms with Crippen LogP contribution in [0.5, 0.6) is 0 Å². The molecule has 3 rings (SSSR count). The highest BCUT2D eigenvalue weighted by Gasteiger charge is 2.14. The minimum atomic E-state index is 0.0542. The Morgan fingerprint density at radius 2 is 2.00 bits per heavy atom. The van der Waals surface area contributed by atoms with Gasteiger partial charge < -0.3 is 10.6 Å². The number of benzene rings is 1. The maximum Gasteiger partial charge on any atom is 0.221 e. The van der Waals surface area contributed by atoms with Gasteiger partial charge in [-0.05, 0) is 12.8 Å². The number of nitrogens with zero attached hydrogens (tertiary/aromatic N) is 3. The first kappa shape index (κ1) is 17.9. The van der Waals surface area contributed by atoms with E-state index in [4.69, 9.17) is 4.98 Å². The number of fused-ring (bicyclic) bond motifs is 1. The average Bonchev–Trinajstić information content (AvgIpc) is 2.99. The van der Waals surface area contributed by atoms with Crippen LogP contribution in [0.1, 0.15) is 25.8 Å². The number of aromatic nitrogens is 3. The van der Waals surface area contributed by atoms with Gasteiger partial charge >= 0.3 is 0 Å². The van der Waals surface area contributed by atoms with Crippen molar-refractivity contribution in [1.82, 2.24) is 19.7 Å². The van der Waals surface area contributed by atoms with Crippen molar-refractivity contribution in [2.75, 3.05) is 18.4 Å². The highest BCUT2D eigenvalue weighted by molar-refractivity contribution is 5.78. The number of amides is 1. The number of imidazole rings is 1. The van der Waals surface area contributed by atoms with Gasteiger partial charge in [0.2, 0.25) is 5.91 Å². The summed E-state index contributed by atoms with van der Waals surface area (Å²) in [5, 5.41) is 6.32. The quantitative estimate of drug-likeness (QED) is 0.685. The molecule has 0 bridgehead atoms. The zero-order valence-electron chi connectivity index (χ0n) is 15.5. The van der Waals surface area contributed by atoms with Crippen LogP contribution < -0.4 is 10.6 Å². The van der Waals surface area contributed by atoms with Crippen molar-refractivity contribution in [3.8, 4) is 11.3 Å². The van der Waals surface area contributed by atoms with Crippen molar-refractivity contribution in [2.45, 2.75) is 27.2 Å². The van der Waals surface area contributed by atoms with Crippen LogP contribution in [-0.2, 0) is 4.79 Å². The first-order valence-corrected chi connectivity index (χ1v) is 8.94. The predicted octanol–water partition coefficient (Wildman–Crippen LogP) is 3.28. The van der Waals surface area contributed by atoms with Crippen molar-refractivity contribution in [1.29, 1.82) is 0 Å². The fourth-order valence-electron chi connectivity index (χ4n) is 2.69. The molecule has 0 fully saturated rings. The Kier molecular flexibility index (Phi) is 5.51. The Labute approximate surface area is 153 Å². The number of rotatable bonds is 7. The molecule has 6 nitrogen and oxygen atoms in total. The third-order valence-electron chi connectivity index (χ3n) is 4.11. The maximum atomic E-state index is 11.9. The Morgan fingerprint density at radius 3 is 2.73 bits per heavy atom. The number of carbonyl (C=O) groups is 1. The van der Waals surface area contributed by atoms with Gasteiger partial charge in [0.25, 0.3) is 0 Å². The largest absolute Gasteiger partial charge is 0.369 e. The van der Waals surface area contributed by atoms with Gasteiger partial charge in [-0.15, -0.1) is 0 Å². The first-order chi connectivity index (χ1) is 12.5. The van der Waals surface area contributed by atoms with Gasteiger partial charge in [0, 0.05) is 37.5 Å². The Hall–Kier alpha value is -2.89. The molecule has 1 amide bonds. The van der Waals surface area contributed by atoms with Gasteiger partial charge in [0.1, 0.15) is 11.5 Å². The molecule has 0 atom stereocenters. The van der Waals surface area contributed by atoms with Crippen LogP contribution in [0.2, 0.25) is 0 Å². The minimum absolute atomic E-state index is 0.0542. The smallest absolute Gasteiger partial charge is 0.221 e. The molecule has 0 saturated carbocycles.